The lowest BCUT2D eigenvalue weighted by atomic mass is 9.88. The SMILES string of the molecule is NC1(C(=O)NCCCn2cc(-c3cccc(CNc4ccc5[nH]c(Cc6c[nH]c7ccc(NC(=O)CCl)cc67)nc5c4)c3)c3cc(CN4CCN(Cc5c(Cl)cccc5Cl)CC4)ccc32)CCNCC1. The Labute approximate surface area is 422 Å². The van der Waals surface area contributed by atoms with Crippen LogP contribution in [0, 0.1) is 0 Å². The van der Waals surface area contributed by atoms with Crippen molar-refractivity contribution in [3.8, 4) is 11.1 Å². The van der Waals surface area contributed by atoms with Gasteiger partial charge < -0.3 is 41.5 Å². The monoisotopic (exact) mass is 997 g/mol. The second-order valence-corrected chi connectivity index (χ2v) is 19.8. The maximum Gasteiger partial charge on any atom is 0.240 e. The topological polar surface area (TPSA) is 164 Å². The normalized spacial score (nSPS) is 15.5. The Balaban J connectivity index is 0.833. The van der Waals surface area contributed by atoms with Crippen molar-refractivity contribution in [3.05, 3.63) is 148 Å². The van der Waals surface area contributed by atoms with Crippen LogP contribution in [0.1, 0.15) is 47.3 Å². The average molecular weight is 999 g/mol. The van der Waals surface area contributed by atoms with Crippen LogP contribution < -0.4 is 27.0 Å². The summed E-state index contributed by atoms with van der Waals surface area (Å²) in [7, 11) is 0. The first-order valence-corrected chi connectivity index (χ1v) is 25.4. The molecule has 2 amide bonds. The molecule has 2 saturated heterocycles. The molecule has 0 atom stereocenters. The molecule has 0 radical (unpaired) electrons. The number of nitrogens with zero attached hydrogens (tertiary/aromatic N) is 4. The number of amides is 2. The summed E-state index contributed by atoms with van der Waals surface area (Å²) in [6, 6.07) is 33.4. The van der Waals surface area contributed by atoms with Gasteiger partial charge in [0.2, 0.25) is 11.8 Å². The Morgan fingerprint density at radius 3 is 2.36 bits per heavy atom. The number of halogens is 3. The van der Waals surface area contributed by atoms with Crippen LogP contribution in [0.4, 0.5) is 11.4 Å². The highest BCUT2D eigenvalue weighted by atomic mass is 35.5. The van der Waals surface area contributed by atoms with Crippen molar-refractivity contribution >= 4 is 90.8 Å². The van der Waals surface area contributed by atoms with E-state index >= 15 is 0 Å². The molecule has 5 heterocycles. The van der Waals surface area contributed by atoms with Crippen molar-refractivity contribution < 1.29 is 9.59 Å². The van der Waals surface area contributed by atoms with Gasteiger partial charge in [0.25, 0.3) is 0 Å². The third-order valence-corrected chi connectivity index (χ3v) is 14.8. The lowest BCUT2D eigenvalue weighted by Gasteiger charge is -2.35. The molecule has 0 saturated carbocycles. The Bertz CT molecular complexity index is 3150. The number of carbonyl (C=O) groups is 2. The number of hydrogen-bond donors (Lipinski definition) is 7. The van der Waals surface area contributed by atoms with Gasteiger partial charge in [0.15, 0.2) is 0 Å². The van der Waals surface area contributed by atoms with E-state index < -0.39 is 5.54 Å². The summed E-state index contributed by atoms with van der Waals surface area (Å²) in [6.45, 7) is 8.84. The Morgan fingerprint density at radius 2 is 1.56 bits per heavy atom. The van der Waals surface area contributed by atoms with Crippen LogP contribution in [-0.4, -0.2) is 98.4 Å². The van der Waals surface area contributed by atoms with Gasteiger partial charge in [0.1, 0.15) is 11.7 Å². The predicted octanol–water partition coefficient (Wildman–Crippen LogP) is 9.26. The lowest BCUT2D eigenvalue weighted by molar-refractivity contribution is -0.127. The number of benzene rings is 5. The quantitative estimate of drug-likeness (QED) is 0.0351. The van der Waals surface area contributed by atoms with Gasteiger partial charge in [-0.15, -0.1) is 11.6 Å². The van der Waals surface area contributed by atoms with E-state index in [2.05, 4.69) is 112 Å². The number of nitrogens with one attached hydrogen (secondary N) is 6. The zero-order valence-electron chi connectivity index (χ0n) is 39.0. The highest BCUT2D eigenvalue weighted by Gasteiger charge is 2.35. The third-order valence-electron chi connectivity index (χ3n) is 13.9. The Kier molecular flexibility index (Phi) is 14.5. The van der Waals surface area contributed by atoms with Crippen LogP contribution in [-0.2, 0) is 42.2 Å². The van der Waals surface area contributed by atoms with E-state index in [1.165, 1.54) is 22.0 Å². The number of carbonyl (C=O) groups excluding carboxylic acids is 2. The number of hydrogen-bond acceptors (Lipinski definition) is 8. The van der Waals surface area contributed by atoms with E-state index in [0.717, 1.165) is 121 Å². The second-order valence-electron chi connectivity index (χ2n) is 18.8. The molecule has 8 aromatic rings. The number of aromatic amines is 2. The molecule has 5 aromatic carbocycles. The molecular formula is C54H58Cl3N11O2. The van der Waals surface area contributed by atoms with Crippen molar-refractivity contribution in [2.24, 2.45) is 5.73 Å². The average Bonchev–Trinajstić information content (AvgIpc) is 4.08. The van der Waals surface area contributed by atoms with E-state index in [4.69, 9.17) is 45.5 Å². The van der Waals surface area contributed by atoms with E-state index in [0.29, 0.717) is 48.1 Å². The fourth-order valence-corrected chi connectivity index (χ4v) is 10.5. The molecule has 362 valence electrons. The first kappa shape index (κ1) is 47.8. The second kappa shape index (κ2) is 21.2. The molecule has 3 aromatic heterocycles. The van der Waals surface area contributed by atoms with Gasteiger partial charge in [0.05, 0.1) is 16.6 Å². The molecule has 2 fully saturated rings. The number of fused-ring (bicyclic) bond motifs is 3. The number of aryl methyl sites for hydroxylation is 1. The van der Waals surface area contributed by atoms with Crippen LogP contribution in [0.3, 0.4) is 0 Å². The summed E-state index contributed by atoms with van der Waals surface area (Å²) in [4.78, 5) is 41.8. The Hall–Kier alpha value is -5.90. The van der Waals surface area contributed by atoms with Crippen molar-refractivity contribution in [1.29, 1.82) is 0 Å². The van der Waals surface area contributed by atoms with Crippen LogP contribution in [0.15, 0.2) is 109 Å². The maximum absolute atomic E-state index is 13.1. The van der Waals surface area contributed by atoms with Crippen LogP contribution in [0.5, 0.6) is 0 Å². The van der Waals surface area contributed by atoms with Gasteiger partial charge in [-0.2, -0.15) is 0 Å². The molecular weight excluding hydrogens is 941 g/mol. The van der Waals surface area contributed by atoms with Crippen LogP contribution >= 0.6 is 34.8 Å². The smallest absolute Gasteiger partial charge is 0.240 e. The minimum absolute atomic E-state index is 0.0571. The third kappa shape index (κ3) is 10.9. The number of rotatable bonds is 17. The van der Waals surface area contributed by atoms with E-state index in [-0.39, 0.29) is 17.7 Å². The first-order chi connectivity index (χ1) is 34.1. The molecule has 13 nitrogen and oxygen atoms in total. The lowest BCUT2D eigenvalue weighted by Crippen LogP contribution is -2.59. The van der Waals surface area contributed by atoms with E-state index in [1.54, 1.807) is 0 Å². The molecule has 2 aliphatic heterocycles. The van der Waals surface area contributed by atoms with E-state index in [9.17, 15) is 9.59 Å². The number of piperazine rings is 1. The molecule has 0 bridgehead atoms. The molecule has 0 unspecified atom stereocenters. The summed E-state index contributed by atoms with van der Waals surface area (Å²) in [5, 5.41) is 16.6. The minimum Gasteiger partial charge on any atom is -0.381 e. The van der Waals surface area contributed by atoms with Crippen LogP contribution in [0.25, 0.3) is 44.0 Å². The van der Waals surface area contributed by atoms with Crippen molar-refractivity contribution in [1.82, 2.24) is 40.0 Å². The number of alkyl halides is 1. The fraction of sp³-hybridized carbons (Fsp3) is 0.315. The number of imidazole rings is 1. The summed E-state index contributed by atoms with van der Waals surface area (Å²) in [5.74, 6) is 0.449. The summed E-state index contributed by atoms with van der Waals surface area (Å²) >= 11 is 18.8. The van der Waals surface area contributed by atoms with Crippen molar-refractivity contribution in [3.63, 3.8) is 0 Å². The first-order valence-electron chi connectivity index (χ1n) is 24.1. The molecule has 16 heteroatoms. The number of nitrogens with two attached hydrogens (primary N) is 1. The summed E-state index contributed by atoms with van der Waals surface area (Å²) in [5.41, 5.74) is 18.2. The highest BCUT2D eigenvalue weighted by molar-refractivity contribution is 6.36. The molecule has 2 aliphatic rings. The van der Waals surface area contributed by atoms with Gasteiger partial charge in [-0.25, -0.2) is 4.98 Å². The molecule has 8 N–H and O–H groups in total. The van der Waals surface area contributed by atoms with E-state index in [1.807, 2.05) is 42.6 Å². The van der Waals surface area contributed by atoms with Crippen molar-refractivity contribution in [2.75, 3.05) is 62.3 Å². The zero-order valence-corrected chi connectivity index (χ0v) is 41.3. The van der Waals surface area contributed by atoms with Crippen LogP contribution in [0.2, 0.25) is 10.0 Å². The standard InChI is InChI=1S/C54H58Cl3N11O2/c55-29-52(69)63-40-10-11-47-41(27-40)38(31-62-47)26-51-64-48-12-9-39(28-49(48)65-51)61-30-35-4-1-5-37(24-35)43-34-68(19-3-16-60-53(70)54(58)14-17-59-18-15-54)50-13-8-36(25-42(43)50)32-66-20-22-67(23-21-66)33-44-45(56)6-2-7-46(44)57/h1-2,4-13,24-25,27-28,31,34,59,61-62H,3,14-23,26,29-30,32-33,58H2,(H,60,70)(H,63,69)(H,64,65). The highest BCUT2D eigenvalue weighted by Crippen LogP contribution is 2.34. The summed E-state index contributed by atoms with van der Waals surface area (Å²) < 4.78 is 2.33. The molecule has 10 rings (SSSR count). The molecule has 70 heavy (non-hydrogen) atoms. The number of H-pyrrole nitrogens is 2. The fourth-order valence-electron chi connectivity index (χ4n) is 9.94. The van der Waals surface area contributed by atoms with Gasteiger partial charge in [-0.1, -0.05) is 53.5 Å². The zero-order chi connectivity index (χ0) is 48.2. The summed E-state index contributed by atoms with van der Waals surface area (Å²) in [6.07, 6.45) is 6.92. The Morgan fingerprint density at radius 1 is 0.800 bits per heavy atom. The minimum atomic E-state index is -0.807. The van der Waals surface area contributed by atoms with Gasteiger partial charge >= 0.3 is 0 Å². The largest absolute Gasteiger partial charge is 0.381 e. The maximum atomic E-state index is 13.1. The van der Waals surface area contributed by atoms with Gasteiger partial charge in [-0.3, -0.25) is 19.4 Å². The number of piperidine rings is 1. The molecule has 0 spiro atoms. The number of aromatic nitrogens is 4. The van der Waals surface area contributed by atoms with Gasteiger partial charge in [0, 0.05) is 132 Å². The van der Waals surface area contributed by atoms with Gasteiger partial charge in [-0.05, 0) is 121 Å². The molecule has 0 aliphatic carbocycles. The predicted molar refractivity (Wildman–Crippen MR) is 285 cm³/mol. The number of anilines is 2. The van der Waals surface area contributed by atoms with Crippen molar-refractivity contribution in [2.45, 2.75) is 57.4 Å².